The van der Waals surface area contributed by atoms with Crippen molar-refractivity contribution < 1.29 is 14.3 Å². The molecule has 1 saturated carbocycles. The molecule has 0 radical (unpaired) electrons. The van der Waals surface area contributed by atoms with Crippen molar-refractivity contribution in [3.8, 4) is 0 Å². The second kappa shape index (κ2) is 5.43. The smallest absolute Gasteiger partial charge is 0.192 e. The number of rotatable bonds is 3. The van der Waals surface area contributed by atoms with Crippen LogP contribution in [0.2, 0.25) is 18.1 Å². The molecular weight excluding hydrogens is 328 g/mol. The van der Waals surface area contributed by atoms with E-state index >= 15 is 0 Å². The Kier molecular flexibility index (Phi) is 4.26. The monoisotopic (exact) mass is 366 g/mol. The van der Waals surface area contributed by atoms with E-state index < -0.39 is 13.9 Å². The summed E-state index contributed by atoms with van der Waals surface area (Å²) in [4.78, 5) is 0. The summed E-state index contributed by atoms with van der Waals surface area (Å²) in [7, 11) is -1.89. The molecular formula is C21H38O3Si. The molecule has 5 atom stereocenters. The van der Waals surface area contributed by atoms with Gasteiger partial charge in [0.25, 0.3) is 0 Å². The van der Waals surface area contributed by atoms with Crippen LogP contribution in [0.4, 0.5) is 0 Å². The Labute approximate surface area is 155 Å². The largest absolute Gasteiger partial charge is 0.411 e. The van der Waals surface area contributed by atoms with Crippen LogP contribution in [-0.2, 0) is 9.16 Å². The highest BCUT2D eigenvalue weighted by molar-refractivity contribution is 6.74. The Morgan fingerprint density at radius 1 is 1.28 bits per heavy atom. The van der Waals surface area contributed by atoms with E-state index in [9.17, 15) is 5.11 Å². The zero-order valence-corrected chi connectivity index (χ0v) is 18.7. The minimum atomic E-state index is -1.89. The predicted octanol–water partition coefficient (Wildman–Crippen LogP) is 5.05. The van der Waals surface area contributed by atoms with Gasteiger partial charge in [0.05, 0.1) is 22.9 Å². The third kappa shape index (κ3) is 2.79. The van der Waals surface area contributed by atoms with E-state index in [4.69, 9.17) is 9.16 Å². The predicted molar refractivity (Wildman–Crippen MR) is 105 cm³/mol. The first kappa shape index (κ1) is 19.6. The first-order valence-corrected chi connectivity index (χ1v) is 12.9. The van der Waals surface area contributed by atoms with Crippen LogP contribution in [-0.4, -0.2) is 36.3 Å². The van der Waals surface area contributed by atoms with Crippen LogP contribution in [0.25, 0.3) is 0 Å². The van der Waals surface area contributed by atoms with Crippen molar-refractivity contribution in [1.82, 2.24) is 0 Å². The molecule has 1 aliphatic carbocycles. The van der Waals surface area contributed by atoms with Gasteiger partial charge in [-0.25, -0.2) is 0 Å². The molecule has 144 valence electrons. The Balaban J connectivity index is 2.02. The van der Waals surface area contributed by atoms with Gasteiger partial charge in [-0.05, 0) is 56.3 Å². The Morgan fingerprint density at radius 2 is 1.88 bits per heavy atom. The van der Waals surface area contributed by atoms with Crippen molar-refractivity contribution in [2.75, 3.05) is 0 Å². The molecule has 4 heteroatoms. The molecule has 1 saturated heterocycles. The van der Waals surface area contributed by atoms with Gasteiger partial charge in [0.2, 0.25) is 0 Å². The molecule has 2 fully saturated rings. The van der Waals surface area contributed by atoms with Crippen molar-refractivity contribution in [2.45, 2.75) is 109 Å². The van der Waals surface area contributed by atoms with Gasteiger partial charge in [-0.15, -0.1) is 0 Å². The van der Waals surface area contributed by atoms with E-state index in [1.165, 1.54) is 5.57 Å². The zero-order chi connectivity index (χ0) is 19.1. The second-order valence-corrected chi connectivity index (χ2v) is 15.7. The number of hydrogen-bond acceptors (Lipinski definition) is 3. The molecule has 0 aromatic carbocycles. The molecule has 3 rings (SSSR count). The number of fused-ring (bicyclic) bond motifs is 4. The van der Waals surface area contributed by atoms with Gasteiger partial charge < -0.3 is 14.3 Å². The topological polar surface area (TPSA) is 38.7 Å². The van der Waals surface area contributed by atoms with Crippen molar-refractivity contribution in [2.24, 2.45) is 11.8 Å². The van der Waals surface area contributed by atoms with Crippen LogP contribution < -0.4 is 0 Å². The number of aliphatic hydroxyl groups is 1. The average molecular weight is 367 g/mol. The summed E-state index contributed by atoms with van der Waals surface area (Å²) in [6.07, 6.45) is 5.10. The first-order chi connectivity index (χ1) is 11.1. The second-order valence-electron chi connectivity index (χ2n) is 10.9. The summed E-state index contributed by atoms with van der Waals surface area (Å²) in [6.45, 7) is 20.2. The van der Waals surface area contributed by atoms with Gasteiger partial charge in [-0.2, -0.15) is 0 Å². The normalized spacial score (nSPS) is 44.2. The molecule has 1 N–H and O–H groups in total. The van der Waals surface area contributed by atoms with Gasteiger partial charge in [0, 0.05) is 12.3 Å². The lowest BCUT2D eigenvalue weighted by atomic mass is 9.78. The summed E-state index contributed by atoms with van der Waals surface area (Å²) in [6, 6.07) is 0. The third-order valence-corrected chi connectivity index (χ3v) is 12.3. The van der Waals surface area contributed by atoms with Crippen LogP contribution in [0.15, 0.2) is 11.6 Å². The molecule has 2 bridgehead atoms. The first-order valence-electron chi connectivity index (χ1n) is 9.98. The van der Waals surface area contributed by atoms with Crippen molar-refractivity contribution in [3.05, 3.63) is 11.6 Å². The maximum Gasteiger partial charge on any atom is 0.192 e. The Hall–Kier alpha value is -0.163. The summed E-state index contributed by atoms with van der Waals surface area (Å²) < 4.78 is 13.8. The number of ether oxygens (including phenoxy) is 1. The van der Waals surface area contributed by atoms with Gasteiger partial charge in [0.15, 0.2) is 8.32 Å². The van der Waals surface area contributed by atoms with E-state index in [1.807, 2.05) is 6.92 Å². The van der Waals surface area contributed by atoms with E-state index in [1.54, 1.807) is 0 Å². The molecule has 2 heterocycles. The molecule has 0 aromatic heterocycles. The molecule has 0 aromatic rings. The lowest BCUT2D eigenvalue weighted by Crippen LogP contribution is -2.53. The zero-order valence-electron chi connectivity index (χ0n) is 17.7. The highest BCUT2D eigenvalue weighted by atomic mass is 28.4. The van der Waals surface area contributed by atoms with Crippen LogP contribution in [0.5, 0.6) is 0 Å². The molecule has 2 aliphatic heterocycles. The molecule has 0 amide bonds. The van der Waals surface area contributed by atoms with Crippen molar-refractivity contribution in [3.63, 3.8) is 0 Å². The van der Waals surface area contributed by atoms with Crippen LogP contribution in [0.1, 0.15) is 67.7 Å². The van der Waals surface area contributed by atoms with Gasteiger partial charge in [-0.3, -0.25) is 0 Å². The van der Waals surface area contributed by atoms with Crippen molar-refractivity contribution >= 4 is 8.32 Å². The number of hydrogen-bond donors (Lipinski definition) is 1. The lowest BCUT2D eigenvalue weighted by Gasteiger charge is -2.47. The van der Waals surface area contributed by atoms with Gasteiger partial charge in [0.1, 0.15) is 0 Å². The Morgan fingerprint density at radius 3 is 2.40 bits per heavy atom. The van der Waals surface area contributed by atoms with Gasteiger partial charge >= 0.3 is 0 Å². The summed E-state index contributed by atoms with van der Waals surface area (Å²) in [5.41, 5.74) is -0.120. The van der Waals surface area contributed by atoms with E-state index in [2.05, 4.69) is 60.7 Å². The highest BCUT2D eigenvalue weighted by Crippen LogP contribution is 2.60. The molecule has 25 heavy (non-hydrogen) atoms. The average Bonchev–Trinajstić information content (AvgIpc) is 2.84. The van der Waals surface area contributed by atoms with Gasteiger partial charge in [-0.1, -0.05) is 40.7 Å². The summed E-state index contributed by atoms with van der Waals surface area (Å²) in [5, 5.41) is 11.1. The fraction of sp³-hybridized carbons (Fsp3) is 0.905. The minimum absolute atomic E-state index is 0.100. The molecule has 0 unspecified atom stereocenters. The maximum atomic E-state index is 11.0. The summed E-state index contributed by atoms with van der Waals surface area (Å²) >= 11 is 0. The van der Waals surface area contributed by atoms with Crippen molar-refractivity contribution in [1.29, 1.82) is 0 Å². The minimum Gasteiger partial charge on any atom is -0.411 e. The van der Waals surface area contributed by atoms with Crippen LogP contribution in [0, 0.1) is 11.8 Å². The maximum absolute atomic E-state index is 11.0. The lowest BCUT2D eigenvalue weighted by molar-refractivity contribution is -0.143. The molecule has 3 aliphatic rings. The fourth-order valence-corrected chi connectivity index (χ4v) is 6.20. The standard InChI is InChI=1S/C21H38O3Si/c1-14(2)21-12-16-15(10-11-19(16,6)22)20(7,24-21)17(13-21)23-25(8,9)18(3,4)5/h12,14-15,17,22H,10-11,13H2,1-9H3/t15-,17-,19+,20+,21+/m1/s1. The fourth-order valence-electron chi connectivity index (χ4n) is 4.82. The van der Waals surface area contributed by atoms with E-state index in [-0.39, 0.29) is 28.3 Å². The highest BCUT2D eigenvalue weighted by Gasteiger charge is 2.65. The van der Waals surface area contributed by atoms with E-state index in [0.717, 1.165) is 19.3 Å². The molecule has 0 spiro atoms. The molecule has 3 nitrogen and oxygen atoms in total. The van der Waals surface area contributed by atoms with Crippen LogP contribution >= 0.6 is 0 Å². The third-order valence-electron chi connectivity index (χ3n) is 7.78. The summed E-state index contributed by atoms with van der Waals surface area (Å²) in [5.74, 6) is 0.635. The SMILES string of the molecule is CC(C)[C@@]12C=C3[C@@H](CC[C@]3(C)O)[C@](C)(O1)[C@H](O[Si](C)(C)C(C)(C)C)C2. The Bertz CT molecular complexity index is 586. The van der Waals surface area contributed by atoms with Crippen LogP contribution in [0.3, 0.4) is 0 Å². The quantitative estimate of drug-likeness (QED) is 0.561. The van der Waals surface area contributed by atoms with E-state index in [0.29, 0.717) is 5.92 Å².